The maximum Gasteiger partial charge on any atom is 0.346 e. The van der Waals surface area contributed by atoms with E-state index in [4.69, 9.17) is 0 Å². The van der Waals surface area contributed by atoms with Crippen LogP contribution in [0.4, 0.5) is 0 Å². The monoisotopic (exact) mass is 312 g/mol. The lowest BCUT2D eigenvalue weighted by Crippen LogP contribution is -2.01. The summed E-state index contributed by atoms with van der Waals surface area (Å²) in [6, 6.07) is 5.95. The fraction of sp³-hybridized carbons (Fsp3) is 0.308. The van der Waals surface area contributed by atoms with Crippen LogP contribution in [0.1, 0.15) is 29.1 Å². The molecule has 0 saturated carbocycles. The van der Waals surface area contributed by atoms with Gasteiger partial charge in [-0.25, -0.2) is 4.79 Å². The average Bonchev–Trinajstić information content (AvgIpc) is 2.55. The van der Waals surface area contributed by atoms with Gasteiger partial charge in [-0.1, -0.05) is 35.8 Å². The summed E-state index contributed by atoms with van der Waals surface area (Å²) in [6.45, 7) is 4.21. The van der Waals surface area contributed by atoms with Gasteiger partial charge in [0.2, 0.25) is 0 Å². The number of thiophene rings is 1. The van der Waals surface area contributed by atoms with Gasteiger partial charge in [0.05, 0.1) is 0 Å². The van der Waals surface area contributed by atoms with Crippen molar-refractivity contribution in [3.05, 3.63) is 33.1 Å². The summed E-state index contributed by atoms with van der Waals surface area (Å²) < 4.78 is 2.02. The molecular formula is C13H13BrO2S. The van der Waals surface area contributed by atoms with Gasteiger partial charge in [0, 0.05) is 9.17 Å². The minimum Gasteiger partial charge on any atom is -0.477 e. The van der Waals surface area contributed by atoms with Crippen LogP contribution in [0.3, 0.4) is 0 Å². The van der Waals surface area contributed by atoms with Gasteiger partial charge in [-0.05, 0) is 35.4 Å². The molecule has 1 N–H and O–H groups in total. The Bertz CT molecular complexity index is 572. The Labute approximate surface area is 112 Å². The maximum atomic E-state index is 11.3. The molecular weight excluding hydrogens is 300 g/mol. The summed E-state index contributed by atoms with van der Waals surface area (Å²) in [5, 5.41) is 10.3. The van der Waals surface area contributed by atoms with Gasteiger partial charge in [0.15, 0.2) is 0 Å². The molecule has 1 heterocycles. The molecule has 1 aromatic carbocycles. The molecule has 90 valence electrons. The quantitative estimate of drug-likeness (QED) is 0.902. The minimum absolute atomic E-state index is 0.453. The number of carboxylic acid groups (broad SMARTS) is 1. The van der Waals surface area contributed by atoms with Crippen molar-refractivity contribution in [2.75, 3.05) is 0 Å². The first-order chi connectivity index (χ1) is 7.99. The molecule has 0 fully saturated rings. The minimum atomic E-state index is -0.821. The van der Waals surface area contributed by atoms with Crippen molar-refractivity contribution in [2.45, 2.75) is 20.3 Å². The Kier molecular flexibility index (Phi) is 3.54. The number of halogens is 1. The van der Waals surface area contributed by atoms with E-state index in [-0.39, 0.29) is 0 Å². The van der Waals surface area contributed by atoms with Crippen molar-refractivity contribution in [1.82, 2.24) is 0 Å². The third-order valence-electron chi connectivity index (χ3n) is 2.56. The van der Waals surface area contributed by atoms with E-state index >= 15 is 0 Å². The van der Waals surface area contributed by atoms with E-state index in [2.05, 4.69) is 29.8 Å². The Morgan fingerprint density at radius 1 is 1.47 bits per heavy atom. The zero-order chi connectivity index (χ0) is 12.6. The summed E-state index contributed by atoms with van der Waals surface area (Å²) in [5.41, 5.74) is 0.972. The lowest BCUT2D eigenvalue weighted by atomic mass is 10.00. The standard InChI is InChI=1S/C13H13BrO2S/c1-7(2)5-10-9-4-3-8(14)6-11(9)17-12(10)13(15)16/h3-4,6-7H,5H2,1-2H3,(H,15,16). The summed E-state index contributed by atoms with van der Waals surface area (Å²) in [4.78, 5) is 11.7. The second kappa shape index (κ2) is 4.78. The molecule has 0 saturated heterocycles. The fourth-order valence-electron chi connectivity index (χ4n) is 1.91. The molecule has 0 amide bonds. The molecule has 0 atom stereocenters. The molecule has 2 aromatic rings. The van der Waals surface area contributed by atoms with Crippen LogP contribution in [0.15, 0.2) is 22.7 Å². The van der Waals surface area contributed by atoms with Crippen molar-refractivity contribution in [3.63, 3.8) is 0 Å². The van der Waals surface area contributed by atoms with Crippen molar-refractivity contribution in [2.24, 2.45) is 5.92 Å². The zero-order valence-electron chi connectivity index (χ0n) is 9.66. The second-order valence-corrected chi connectivity index (χ2v) is 6.42. The molecule has 0 unspecified atom stereocenters. The van der Waals surface area contributed by atoms with Gasteiger partial charge >= 0.3 is 5.97 Å². The number of rotatable bonds is 3. The zero-order valence-corrected chi connectivity index (χ0v) is 12.1. The summed E-state index contributed by atoms with van der Waals surface area (Å²) in [6.07, 6.45) is 0.809. The summed E-state index contributed by atoms with van der Waals surface area (Å²) in [7, 11) is 0. The topological polar surface area (TPSA) is 37.3 Å². The molecule has 0 aliphatic heterocycles. The number of carboxylic acids is 1. The second-order valence-electron chi connectivity index (χ2n) is 4.45. The lowest BCUT2D eigenvalue weighted by Gasteiger charge is -2.05. The number of aromatic carboxylic acids is 1. The highest BCUT2D eigenvalue weighted by molar-refractivity contribution is 9.10. The smallest absolute Gasteiger partial charge is 0.346 e. The van der Waals surface area contributed by atoms with Crippen LogP contribution in [0.25, 0.3) is 10.1 Å². The van der Waals surface area contributed by atoms with E-state index < -0.39 is 5.97 Å². The Morgan fingerprint density at radius 2 is 2.18 bits per heavy atom. The van der Waals surface area contributed by atoms with Gasteiger partial charge in [-0.3, -0.25) is 0 Å². The molecule has 4 heteroatoms. The molecule has 2 rings (SSSR count). The largest absolute Gasteiger partial charge is 0.477 e. The first-order valence-corrected chi connectivity index (χ1v) is 7.04. The van der Waals surface area contributed by atoms with E-state index in [0.717, 1.165) is 26.5 Å². The molecule has 2 nitrogen and oxygen atoms in total. The third kappa shape index (κ3) is 2.53. The Balaban J connectivity index is 2.66. The molecule has 0 radical (unpaired) electrons. The average molecular weight is 313 g/mol. The number of fused-ring (bicyclic) bond motifs is 1. The van der Waals surface area contributed by atoms with Crippen LogP contribution in [0.2, 0.25) is 0 Å². The first kappa shape index (κ1) is 12.6. The fourth-order valence-corrected chi connectivity index (χ4v) is 3.53. The van der Waals surface area contributed by atoms with Crippen LogP contribution < -0.4 is 0 Å². The maximum absolute atomic E-state index is 11.3. The Morgan fingerprint density at radius 3 is 2.76 bits per heavy atom. The van der Waals surface area contributed by atoms with Crippen LogP contribution >= 0.6 is 27.3 Å². The number of carbonyl (C=O) groups is 1. The van der Waals surface area contributed by atoms with E-state index in [0.29, 0.717) is 10.8 Å². The van der Waals surface area contributed by atoms with E-state index in [1.807, 2.05) is 18.2 Å². The summed E-state index contributed by atoms with van der Waals surface area (Å²) >= 11 is 4.77. The van der Waals surface area contributed by atoms with E-state index in [1.54, 1.807) is 0 Å². The van der Waals surface area contributed by atoms with Crippen LogP contribution in [0, 0.1) is 5.92 Å². The molecule has 0 aliphatic rings. The SMILES string of the molecule is CC(C)Cc1c(C(=O)O)sc2cc(Br)ccc12. The highest BCUT2D eigenvalue weighted by Gasteiger charge is 2.18. The molecule has 17 heavy (non-hydrogen) atoms. The molecule has 0 bridgehead atoms. The van der Waals surface area contributed by atoms with Crippen molar-refractivity contribution >= 4 is 43.3 Å². The molecule has 0 spiro atoms. The third-order valence-corrected chi connectivity index (χ3v) is 4.24. The van der Waals surface area contributed by atoms with Crippen molar-refractivity contribution in [1.29, 1.82) is 0 Å². The normalized spacial score (nSPS) is 11.3. The Hall–Kier alpha value is -0.870. The van der Waals surface area contributed by atoms with Gasteiger partial charge in [0.1, 0.15) is 4.88 Å². The van der Waals surface area contributed by atoms with Crippen molar-refractivity contribution in [3.8, 4) is 0 Å². The predicted molar refractivity (Wildman–Crippen MR) is 75.0 cm³/mol. The molecule has 0 aliphatic carbocycles. The van der Waals surface area contributed by atoms with Crippen LogP contribution in [-0.2, 0) is 6.42 Å². The predicted octanol–water partition coefficient (Wildman–Crippen LogP) is 4.56. The lowest BCUT2D eigenvalue weighted by molar-refractivity contribution is 0.0701. The number of hydrogen-bond donors (Lipinski definition) is 1. The van der Waals surface area contributed by atoms with Crippen molar-refractivity contribution < 1.29 is 9.90 Å². The highest BCUT2D eigenvalue weighted by atomic mass is 79.9. The van der Waals surface area contributed by atoms with Crippen LogP contribution in [0.5, 0.6) is 0 Å². The van der Waals surface area contributed by atoms with Gasteiger partial charge in [-0.15, -0.1) is 11.3 Å². The highest BCUT2D eigenvalue weighted by Crippen LogP contribution is 2.34. The van der Waals surface area contributed by atoms with Gasteiger partial charge < -0.3 is 5.11 Å². The first-order valence-electron chi connectivity index (χ1n) is 5.43. The number of hydrogen-bond acceptors (Lipinski definition) is 2. The number of benzene rings is 1. The van der Waals surface area contributed by atoms with Crippen LogP contribution in [-0.4, -0.2) is 11.1 Å². The van der Waals surface area contributed by atoms with Gasteiger partial charge in [0.25, 0.3) is 0 Å². The van der Waals surface area contributed by atoms with E-state index in [9.17, 15) is 9.90 Å². The molecule has 1 aromatic heterocycles. The van der Waals surface area contributed by atoms with Gasteiger partial charge in [-0.2, -0.15) is 0 Å². The summed E-state index contributed by atoms with van der Waals surface area (Å²) in [5.74, 6) is -0.368. The van der Waals surface area contributed by atoms with E-state index in [1.165, 1.54) is 11.3 Å².